The first-order chi connectivity index (χ1) is 8.84. The molecule has 0 radical (unpaired) electrons. The van der Waals surface area contributed by atoms with Crippen molar-refractivity contribution in [2.24, 2.45) is 7.05 Å². The molecule has 2 aromatic rings. The van der Waals surface area contributed by atoms with Gasteiger partial charge in [0.1, 0.15) is 17.6 Å². The Balaban J connectivity index is 1.86. The largest absolute Gasteiger partial charge is 0.467 e. The molecule has 1 aliphatic heterocycles. The molecule has 3 heterocycles. The van der Waals surface area contributed by atoms with Gasteiger partial charge >= 0.3 is 0 Å². The van der Waals surface area contributed by atoms with Gasteiger partial charge in [0.2, 0.25) is 0 Å². The number of aryl methyl sites for hydroxylation is 1. The molecular weight excluding hydrogens is 246 g/mol. The van der Waals surface area contributed by atoms with Gasteiger partial charge in [0.05, 0.1) is 6.26 Å². The van der Waals surface area contributed by atoms with E-state index in [4.69, 9.17) is 4.42 Å². The maximum Gasteiger partial charge on any atom is 0.133 e. The Morgan fingerprint density at radius 2 is 2.56 bits per heavy atom. The molecule has 1 saturated heterocycles. The van der Waals surface area contributed by atoms with Crippen LogP contribution in [0.5, 0.6) is 0 Å². The van der Waals surface area contributed by atoms with Gasteiger partial charge in [0.25, 0.3) is 0 Å². The molecule has 4 nitrogen and oxygen atoms in total. The zero-order chi connectivity index (χ0) is 12.4. The van der Waals surface area contributed by atoms with Crippen molar-refractivity contribution in [3.05, 3.63) is 42.4 Å². The number of thioether (sulfide) groups is 1. The number of nitrogens with zero attached hydrogens (tertiary/aromatic N) is 2. The summed E-state index contributed by atoms with van der Waals surface area (Å²) in [7, 11) is 2.02. The van der Waals surface area contributed by atoms with E-state index in [9.17, 15) is 0 Å². The van der Waals surface area contributed by atoms with Crippen molar-refractivity contribution >= 4 is 11.8 Å². The summed E-state index contributed by atoms with van der Waals surface area (Å²) in [6.45, 7) is 0. The first kappa shape index (κ1) is 11.9. The lowest BCUT2D eigenvalue weighted by Gasteiger charge is -2.20. The Kier molecular flexibility index (Phi) is 3.43. The smallest absolute Gasteiger partial charge is 0.133 e. The van der Waals surface area contributed by atoms with E-state index in [-0.39, 0.29) is 6.04 Å². The molecule has 2 atom stereocenters. The summed E-state index contributed by atoms with van der Waals surface area (Å²) >= 11 is 2.00. The van der Waals surface area contributed by atoms with Crippen molar-refractivity contribution in [3.8, 4) is 0 Å². The van der Waals surface area contributed by atoms with Gasteiger partial charge in [-0.3, -0.25) is 5.32 Å². The van der Waals surface area contributed by atoms with Crippen molar-refractivity contribution in [2.75, 3.05) is 11.5 Å². The van der Waals surface area contributed by atoms with E-state index in [0.29, 0.717) is 6.04 Å². The van der Waals surface area contributed by atoms with E-state index >= 15 is 0 Å². The highest BCUT2D eigenvalue weighted by Gasteiger charge is 2.26. The van der Waals surface area contributed by atoms with Gasteiger partial charge in [-0.2, -0.15) is 11.8 Å². The zero-order valence-corrected chi connectivity index (χ0v) is 11.2. The van der Waals surface area contributed by atoms with Crippen molar-refractivity contribution in [3.63, 3.8) is 0 Å². The van der Waals surface area contributed by atoms with Crippen LogP contribution in [0, 0.1) is 0 Å². The van der Waals surface area contributed by atoms with Gasteiger partial charge in [-0.1, -0.05) is 0 Å². The third kappa shape index (κ3) is 2.33. The summed E-state index contributed by atoms with van der Waals surface area (Å²) in [6.07, 6.45) is 6.73. The van der Waals surface area contributed by atoms with Crippen molar-refractivity contribution < 1.29 is 4.42 Å². The molecule has 0 aromatic carbocycles. The minimum Gasteiger partial charge on any atom is -0.467 e. The molecule has 18 heavy (non-hydrogen) atoms. The SMILES string of the molecule is Cn1ccnc1C(NC1CCSC1)c1ccco1. The summed E-state index contributed by atoms with van der Waals surface area (Å²) in [5, 5.41) is 3.66. The topological polar surface area (TPSA) is 43.0 Å². The highest BCUT2D eigenvalue weighted by molar-refractivity contribution is 7.99. The zero-order valence-electron chi connectivity index (χ0n) is 10.4. The molecule has 0 saturated carbocycles. The monoisotopic (exact) mass is 263 g/mol. The Morgan fingerprint density at radius 1 is 1.61 bits per heavy atom. The number of hydrogen-bond acceptors (Lipinski definition) is 4. The van der Waals surface area contributed by atoms with Crippen LogP contribution in [0.4, 0.5) is 0 Å². The van der Waals surface area contributed by atoms with Crippen LogP contribution in [0.2, 0.25) is 0 Å². The highest BCUT2D eigenvalue weighted by Crippen LogP contribution is 2.25. The second-order valence-corrected chi connectivity index (χ2v) is 5.72. The minimum atomic E-state index is 0.0451. The molecule has 1 fully saturated rings. The Labute approximate surface area is 111 Å². The fourth-order valence-corrected chi connectivity index (χ4v) is 3.46. The second-order valence-electron chi connectivity index (χ2n) is 4.57. The number of aromatic nitrogens is 2. The molecule has 5 heteroatoms. The fraction of sp³-hybridized carbons (Fsp3) is 0.462. The lowest BCUT2D eigenvalue weighted by molar-refractivity contribution is 0.401. The molecule has 96 valence electrons. The van der Waals surface area contributed by atoms with Gasteiger partial charge < -0.3 is 8.98 Å². The Bertz CT molecular complexity index is 488. The molecule has 2 unspecified atom stereocenters. The average molecular weight is 263 g/mol. The standard InChI is InChI=1S/C13H17N3OS/c1-16-6-5-14-13(16)12(11-3-2-7-17-11)15-10-4-8-18-9-10/h2-3,5-7,10,12,15H,4,8-9H2,1H3. The van der Waals surface area contributed by atoms with E-state index in [1.54, 1.807) is 6.26 Å². The van der Waals surface area contributed by atoms with Crippen LogP contribution in [-0.2, 0) is 7.05 Å². The summed E-state index contributed by atoms with van der Waals surface area (Å²) in [5.74, 6) is 4.34. The summed E-state index contributed by atoms with van der Waals surface area (Å²) in [5.41, 5.74) is 0. The summed E-state index contributed by atoms with van der Waals surface area (Å²) < 4.78 is 7.61. The number of rotatable bonds is 4. The molecule has 0 aliphatic carbocycles. The third-order valence-electron chi connectivity index (χ3n) is 3.28. The minimum absolute atomic E-state index is 0.0451. The molecule has 1 N–H and O–H groups in total. The van der Waals surface area contributed by atoms with Crippen LogP contribution in [0.15, 0.2) is 35.2 Å². The molecule has 0 amide bonds. The number of hydrogen-bond donors (Lipinski definition) is 1. The number of imidazole rings is 1. The van der Waals surface area contributed by atoms with Gasteiger partial charge in [0.15, 0.2) is 0 Å². The Morgan fingerprint density at radius 3 is 3.17 bits per heavy atom. The molecule has 1 aliphatic rings. The summed E-state index contributed by atoms with van der Waals surface area (Å²) in [4.78, 5) is 4.45. The van der Waals surface area contributed by atoms with Gasteiger partial charge in [-0.05, 0) is 24.3 Å². The predicted octanol–water partition coefficient (Wildman–Crippen LogP) is 2.20. The molecular formula is C13H17N3OS. The fourth-order valence-electron chi connectivity index (χ4n) is 2.30. The highest BCUT2D eigenvalue weighted by atomic mass is 32.2. The van der Waals surface area contributed by atoms with Gasteiger partial charge in [-0.15, -0.1) is 0 Å². The normalized spacial score (nSPS) is 21.3. The van der Waals surface area contributed by atoms with Crippen LogP contribution >= 0.6 is 11.8 Å². The quantitative estimate of drug-likeness (QED) is 0.918. The van der Waals surface area contributed by atoms with Crippen LogP contribution in [0.1, 0.15) is 24.0 Å². The molecule has 0 spiro atoms. The Hall–Kier alpha value is -1.20. The van der Waals surface area contributed by atoms with E-state index < -0.39 is 0 Å². The van der Waals surface area contributed by atoms with Crippen molar-refractivity contribution in [2.45, 2.75) is 18.5 Å². The van der Waals surface area contributed by atoms with Crippen LogP contribution < -0.4 is 5.32 Å². The van der Waals surface area contributed by atoms with E-state index in [1.165, 1.54) is 17.9 Å². The van der Waals surface area contributed by atoms with E-state index in [1.807, 2.05) is 47.9 Å². The second kappa shape index (κ2) is 5.20. The van der Waals surface area contributed by atoms with Gasteiger partial charge in [0, 0.05) is 31.2 Å². The summed E-state index contributed by atoms with van der Waals surface area (Å²) in [6, 6.07) is 4.52. The number of furan rings is 1. The lowest BCUT2D eigenvalue weighted by Crippen LogP contribution is -2.34. The average Bonchev–Trinajstić information content (AvgIpc) is 3.09. The molecule has 0 bridgehead atoms. The first-order valence-electron chi connectivity index (χ1n) is 6.19. The van der Waals surface area contributed by atoms with E-state index in [0.717, 1.165) is 11.6 Å². The van der Waals surface area contributed by atoms with Crippen LogP contribution in [-0.4, -0.2) is 27.1 Å². The van der Waals surface area contributed by atoms with Crippen molar-refractivity contribution in [1.29, 1.82) is 0 Å². The lowest BCUT2D eigenvalue weighted by atomic mass is 10.1. The molecule has 2 aromatic heterocycles. The predicted molar refractivity (Wildman–Crippen MR) is 72.6 cm³/mol. The van der Waals surface area contributed by atoms with E-state index in [2.05, 4.69) is 10.3 Å². The van der Waals surface area contributed by atoms with Crippen LogP contribution in [0.3, 0.4) is 0 Å². The maximum absolute atomic E-state index is 5.56. The maximum atomic E-state index is 5.56. The van der Waals surface area contributed by atoms with Crippen molar-refractivity contribution in [1.82, 2.24) is 14.9 Å². The third-order valence-corrected chi connectivity index (χ3v) is 4.44. The first-order valence-corrected chi connectivity index (χ1v) is 7.34. The number of nitrogens with one attached hydrogen (secondary N) is 1. The molecule has 3 rings (SSSR count). The van der Waals surface area contributed by atoms with Gasteiger partial charge in [-0.25, -0.2) is 4.98 Å². The van der Waals surface area contributed by atoms with Crippen LogP contribution in [0.25, 0.3) is 0 Å².